The van der Waals surface area contributed by atoms with Crippen molar-refractivity contribution in [2.75, 3.05) is 6.54 Å². The molecule has 0 bridgehead atoms. The van der Waals surface area contributed by atoms with Gasteiger partial charge in [-0.15, -0.1) is 4.52 Å². The highest BCUT2D eigenvalue weighted by Gasteiger charge is 2.38. The zero-order chi connectivity index (χ0) is 27.8. The fourth-order valence-corrected chi connectivity index (χ4v) is 4.93. The summed E-state index contributed by atoms with van der Waals surface area (Å²) in [5.41, 5.74) is 5.32. The van der Waals surface area contributed by atoms with Crippen LogP contribution in [0.5, 0.6) is 0 Å². The van der Waals surface area contributed by atoms with Gasteiger partial charge in [-0.05, 0) is 31.2 Å². The molecule has 4 atom stereocenters. The van der Waals surface area contributed by atoms with E-state index in [1.165, 1.54) is 11.1 Å². The minimum atomic E-state index is -1.09. The molecule has 1 aliphatic rings. The van der Waals surface area contributed by atoms with Crippen molar-refractivity contribution in [2.24, 2.45) is 11.8 Å². The van der Waals surface area contributed by atoms with E-state index in [-0.39, 0.29) is 29.8 Å². The van der Waals surface area contributed by atoms with Crippen LogP contribution in [0.25, 0.3) is 0 Å². The third-order valence-electron chi connectivity index (χ3n) is 7.24. The highest BCUT2D eigenvalue weighted by Crippen LogP contribution is 2.26. The quantitative estimate of drug-likeness (QED) is 0.158. The Bertz CT molecular complexity index is 1150. The van der Waals surface area contributed by atoms with Crippen molar-refractivity contribution in [3.63, 3.8) is 0 Å². The molecule has 12 heteroatoms. The van der Waals surface area contributed by atoms with Crippen molar-refractivity contribution in [3.8, 4) is 0 Å². The number of carboxylic acid groups (broad SMARTS) is 1. The van der Waals surface area contributed by atoms with Crippen LogP contribution >= 0.6 is 0 Å². The Morgan fingerprint density at radius 1 is 1.21 bits per heavy atom. The van der Waals surface area contributed by atoms with Gasteiger partial charge in [0.1, 0.15) is 11.7 Å². The summed E-state index contributed by atoms with van der Waals surface area (Å²) in [6, 6.07) is 3.62. The average molecular weight is 532 g/mol. The standard InChI is InChI=1S/C26H38N6O6/c1-4-6-9-18(16-22(33)29-38)25(35)31-20(10-7-13-27-31)24(34)28-23(17(3)5-2)19-12-15-30-14-8-11-21(26(36)37)32(19)30/h8,11-12,14-15,17-18,20,23,27H,4-7,9-10,13,16H2,1-3H3,(H3-,28,29,33,34,36,37,38)/p+1. The molecule has 1 fully saturated rings. The summed E-state index contributed by atoms with van der Waals surface area (Å²) in [5, 5.41) is 23.2. The summed E-state index contributed by atoms with van der Waals surface area (Å²) in [5.74, 6) is -3.18. The van der Waals surface area contributed by atoms with Crippen LogP contribution < -0.4 is 20.7 Å². The van der Waals surface area contributed by atoms with Crippen molar-refractivity contribution < 1.29 is 34.0 Å². The first kappa shape index (κ1) is 29.1. The van der Waals surface area contributed by atoms with Gasteiger partial charge in [0.15, 0.2) is 5.69 Å². The maximum atomic E-state index is 13.7. The minimum Gasteiger partial charge on any atom is -0.476 e. The topological polar surface area (TPSA) is 157 Å². The second-order valence-corrected chi connectivity index (χ2v) is 9.86. The lowest BCUT2D eigenvalue weighted by Crippen LogP contribution is -2.60. The number of amides is 3. The minimum absolute atomic E-state index is 0.0363. The van der Waals surface area contributed by atoms with Gasteiger partial charge in [-0.25, -0.2) is 15.7 Å². The number of rotatable bonds is 12. The van der Waals surface area contributed by atoms with Gasteiger partial charge in [-0.3, -0.25) is 24.6 Å². The monoisotopic (exact) mass is 531 g/mol. The van der Waals surface area contributed by atoms with Crippen LogP contribution in [0.3, 0.4) is 0 Å². The summed E-state index contributed by atoms with van der Waals surface area (Å²) in [6.45, 7) is 6.47. The lowest BCUT2D eigenvalue weighted by Gasteiger charge is -2.38. The molecule has 1 saturated heterocycles. The van der Waals surface area contributed by atoms with Crippen LogP contribution in [0.1, 0.15) is 87.9 Å². The van der Waals surface area contributed by atoms with Gasteiger partial charge in [0.25, 0.3) is 0 Å². The Hall–Kier alpha value is -3.51. The molecule has 2 aromatic heterocycles. The number of fused-ring (bicyclic) bond motifs is 1. The second-order valence-electron chi connectivity index (χ2n) is 9.86. The molecule has 3 amide bonds. The van der Waals surface area contributed by atoms with Crippen molar-refractivity contribution in [3.05, 3.63) is 42.0 Å². The predicted molar refractivity (Wildman–Crippen MR) is 136 cm³/mol. The molecular weight excluding hydrogens is 492 g/mol. The van der Waals surface area contributed by atoms with Gasteiger partial charge < -0.3 is 10.4 Å². The lowest BCUT2D eigenvalue weighted by molar-refractivity contribution is -0.618. The van der Waals surface area contributed by atoms with Gasteiger partial charge in [-0.1, -0.05) is 44.5 Å². The third kappa shape index (κ3) is 6.48. The van der Waals surface area contributed by atoms with Crippen molar-refractivity contribution in [1.82, 2.24) is 25.7 Å². The molecule has 1 aliphatic heterocycles. The number of aromatic carboxylic acids is 1. The zero-order valence-electron chi connectivity index (χ0n) is 22.2. The fraction of sp³-hybridized carbons (Fsp3) is 0.577. The SMILES string of the molecule is CCCCC(CC(=O)NO)C(=O)N1NCCCC1C(=O)NC(c1cc[n+]2cccc(C(=O)O)n12)C(C)CC. The molecular formula is C26H39N6O6+. The van der Waals surface area contributed by atoms with E-state index in [1.807, 2.05) is 20.8 Å². The number of nitrogens with zero attached hydrogens (tertiary/aromatic N) is 3. The summed E-state index contributed by atoms with van der Waals surface area (Å²) < 4.78 is 3.22. The lowest BCUT2D eigenvalue weighted by atomic mass is 9.94. The van der Waals surface area contributed by atoms with Crippen LogP contribution in [-0.4, -0.2) is 56.1 Å². The Kier molecular flexibility index (Phi) is 10.2. The van der Waals surface area contributed by atoms with Crippen LogP contribution in [0.2, 0.25) is 0 Å². The number of hydrazine groups is 1. The molecule has 3 heterocycles. The Morgan fingerprint density at radius 2 is 1.97 bits per heavy atom. The third-order valence-corrected chi connectivity index (χ3v) is 7.24. The molecule has 0 saturated carbocycles. The molecule has 208 valence electrons. The maximum absolute atomic E-state index is 13.7. The van der Waals surface area contributed by atoms with E-state index in [9.17, 15) is 24.3 Å². The van der Waals surface area contributed by atoms with Gasteiger partial charge >= 0.3 is 5.97 Å². The van der Waals surface area contributed by atoms with E-state index < -0.39 is 29.9 Å². The maximum Gasteiger partial charge on any atom is 0.358 e. The van der Waals surface area contributed by atoms with E-state index in [2.05, 4.69) is 10.7 Å². The number of hydrogen-bond donors (Lipinski definition) is 5. The molecule has 3 rings (SSSR count). The van der Waals surface area contributed by atoms with E-state index in [1.54, 1.807) is 39.0 Å². The molecule has 0 radical (unpaired) electrons. The summed E-state index contributed by atoms with van der Waals surface area (Å²) in [7, 11) is 0. The predicted octanol–water partition coefficient (Wildman–Crippen LogP) is 1.62. The molecule has 0 aromatic carbocycles. The van der Waals surface area contributed by atoms with Gasteiger partial charge in [0, 0.05) is 31.0 Å². The fourth-order valence-electron chi connectivity index (χ4n) is 4.93. The molecule has 12 nitrogen and oxygen atoms in total. The molecule has 0 spiro atoms. The van der Waals surface area contributed by atoms with Gasteiger partial charge in [-0.2, -0.15) is 0 Å². The Morgan fingerprint density at radius 3 is 2.63 bits per heavy atom. The molecule has 5 N–H and O–H groups in total. The van der Waals surface area contributed by atoms with Crippen molar-refractivity contribution >= 4 is 23.7 Å². The van der Waals surface area contributed by atoms with E-state index in [0.29, 0.717) is 31.5 Å². The smallest absolute Gasteiger partial charge is 0.358 e. The number of hydroxylamine groups is 1. The highest BCUT2D eigenvalue weighted by molar-refractivity contribution is 5.90. The number of carbonyl (C=O) groups excluding carboxylic acids is 3. The Labute approximate surface area is 221 Å². The molecule has 4 unspecified atom stereocenters. The highest BCUT2D eigenvalue weighted by atomic mass is 16.5. The first-order valence-electron chi connectivity index (χ1n) is 13.3. The summed E-state index contributed by atoms with van der Waals surface area (Å²) >= 11 is 0. The second kappa shape index (κ2) is 13.3. The van der Waals surface area contributed by atoms with E-state index in [0.717, 1.165) is 19.3 Å². The number of nitrogens with one attached hydrogen (secondary N) is 3. The summed E-state index contributed by atoms with van der Waals surface area (Å²) in [4.78, 5) is 51.0. The number of aromatic nitrogens is 2. The first-order chi connectivity index (χ1) is 18.2. The number of hydrogen-bond acceptors (Lipinski definition) is 6. The number of unbranched alkanes of at least 4 members (excludes halogenated alkanes) is 1. The first-order valence-corrected chi connectivity index (χ1v) is 13.3. The molecule has 0 aliphatic carbocycles. The summed E-state index contributed by atoms with van der Waals surface area (Å²) in [6.07, 6.45) is 7.15. The van der Waals surface area contributed by atoms with E-state index in [4.69, 9.17) is 5.21 Å². The van der Waals surface area contributed by atoms with Gasteiger partial charge in [0.2, 0.25) is 30.1 Å². The van der Waals surface area contributed by atoms with Crippen LogP contribution in [0.15, 0.2) is 30.6 Å². The van der Waals surface area contributed by atoms with Crippen LogP contribution in [0, 0.1) is 11.8 Å². The van der Waals surface area contributed by atoms with Crippen LogP contribution in [0.4, 0.5) is 0 Å². The number of carboxylic acids is 1. The zero-order valence-corrected chi connectivity index (χ0v) is 22.2. The van der Waals surface area contributed by atoms with E-state index >= 15 is 0 Å². The van der Waals surface area contributed by atoms with Crippen LogP contribution in [-0.2, 0) is 14.4 Å². The van der Waals surface area contributed by atoms with Crippen molar-refractivity contribution in [2.45, 2.75) is 77.8 Å². The number of carbonyl (C=O) groups is 4. The van der Waals surface area contributed by atoms with Gasteiger partial charge in [0.05, 0.1) is 6.04 Å². The normalized spacial score (nSPS) is 18.0. The molecule has 2 aromatic rings. The molecule has 38 heavy (non-hydrogen) atoms. The largest absolute Gasteiger partial charge is 0.476 e. The Balaban J connectivity index is 1.90. The van der Waals surface area contributed by atoms with Crippen molar-refractivity contribution in [1.29, 1.82) is 0 Å². The average Bonchev–Trinajstić information content (AvgIpc) is 3.36.